The highest BCUT2D eigenvalue weighted by Gasteiger charge is 2.07. The van der Waals surface area contributed by atoms with Crippen LogP contribution >= 0.6 is 22.6 Å². The van der Waals surface area contributed by atoms with Crippen LogP contribution in [0.15, 0.2) is 42.5 Å². The first-order chi connectivity index (χ1) is 9.54. The number of anilines is 1. The Morgan fingerprint density at radius 1 is 1.10 bits per heavy atom. The van der Waals surface area contributed by atoms with Crippen LogP contribution in [0, 0.1) is 15.2 Å². The van der Waals surface area contributed by atoms with E-state index in [9.17, 15) is 13.6 Å². The molecule has 0 saturated heterocycles. The van der Waals surface area contributed by atoms with Crippen LogP contribution in [0.4, 0.5) is 14.5 Å². The molecule has 0 heterocycles. The second-order valence-corrected chi connectivity index (χ2v) is 5.17. The van der Waals surface area contributed by atoms with Gasteiger partial charge in [0.25, 0.3) is 5.91 Å². The first-order valence-electron chi connectivity index (χ1n) is 5.68. The van der Waals surface area contributed by atoms with Gasteiger partial charge in [-0.3, -0.25) is 4.79 Å². The largest absolute Gasteiger partial charge is 0.484 e. The number of carbonyl (C=O) groups is 1. The number of hydrogen-bond donors (Lipinski definition) is 1. The highest BCUT2D eigenvalue weighted by Crippen LogP contribution is 2.15. The summed E-state index contributed by atoms with van der Waals surface area (Å²) in [6, 6.07) is 10.3. The summed E-state index contributed by atoms with van der Waals surface area (Å²) in [6.45, 7) is -0.209. The van der Waals surface area contributed by atoms with E-state index in [0.717, 1.165) is 15.7 Å². The van der Waals surface area contributed by atoms with Crippen LogP contribution in [-0.2, 0) is 4.79 Å². The molecule has 0 aliphatic heterocycles. The molecule has 1 amide bonds. The fourth-order valence-corrected chi connectivity index (χ4v) is 1.81. The zero-order chi connectivity index (χ0) is 14.5. The molecule has 20 heavy (non-hydrogen) atoms. The second kappa shape index (κ2) is 6.65. The van der Waals surface area contributed by atoms with E-state index in [1.165, 1.54) is 6.07 Å². The zero-order valence-electron chi connectivity index (χ0n) is 10.2. The van der Waals surface area contributed by atoms with E-state index in [1.54, 1.807) is 12.1 Å². The summed E-state index contributed by atoms with van der Waals surface area (Å²) in [7, 11) is 0. The van der Waals surface area contributed by atoms with E-state index >= 15 is 0 Å². The Kier molecular flexibility index (Phi) is 4.89. The maximum atomic E-state index is 13.0. The number of hydrogen-bond acceptors (Lipinski definition) is 2. The fourth-order valence-electron chi connectivity index (χ4n) is 1.45. The number of benzene rings is 2. The molecule has 1 N–H and O–H groups in total. The predicted octanol–water partition coefficient (Wildman–Crippen LogP) is 3.59. The van der Waals surface area contributed by atoms with E-state index in [0.29, 0.717) is 5.75 Å². The van der Waals surface area contributed by atoms with Crippen LogP contribution in [0.25, 0.3) is 0 Å². The van der Waals surface area contributed by atoms with Crippen molar-refractivity contribution >= 4 is 34.2 Å². The number of rotatable bonds is 4. The third kappa shape index (κ3) is 4.16. The quantitative estimate of drug-likeness (QED) is 0.812. The third-order valence-corrected chi connectivity index (χ3v) is 3.11. The fraction of sp³-hybridized carbons (Fsp3) is 0.0714. The van der Waals surface area contributed by atoms with Crippen molar-refractivity contribution in [2.45, 2.75) is 0 Å². The summed E-state index contributed by atoms with van der Waals surface area (Å²) in [6.07, 6.45) is 0. The van der Waals surface area contributed by atoms with Gasteiger partial charge in [-0.1, -0.05) is 0 Å². The van der Waals surface area contributed by atoms with Crippen molar-refractivity contribution in [3.05, 3.63) is 57.7 Å². The normalized spacial score (nSPS) is 10.2. The van der Waals surface area contributed by atoms with Crippen molar-refractivity contribution in [1.82, 2.24) is 0 Å². The van der Waals surface area contributed by atoms with E-state index < -0.39 is 17.5 Å². The molecule has 0 atom stereocenters. The van der Waals surface area contributed by atoms with Crippen LogP contribution in [0.5, 0.6) is 5.75 Å². The van der Waals surface area contributed by atoms with Gasteiger partial charge in [0, 0.05) is 15.3 Å². The summed E-state index contributed by atoms with van der Waals surface area (Å²) in [5.41, 5.74) is 0.181. The number of ether oxygens (including phenoxy) is 1. The van der Waals surface area contributed by atoms with Gasteiger partial charge < -0.3 is 10.1 Å². The van der Waals surface area contributed by atoms with Crippen molar-refractivity contribution in [1.29, 1.82) is 0 Å². The minimum Gasteiger partial charge on any atom is -0.484 e. The maximum absolute atomic E-state index is 13.0. The highest BCUT2D eigenvalue weighted by molar-refractivity contribution is 14.1. The third-order valence-electron chi connectivity index (χ3n) is 2.39. The van der Waals surface area contributed by atoms with Gasteiger partial charge in [0.05, 0.1) is 0 Å². The van der Waals surface area contributed by atoms with Crippen LogP contribution < -0.4 is 10.1 Å². The van der Waals surface area contributed by atoms with E-state index in [2.05, 4.69) is 27.9 Å². The molecule has 3 nitrogen and oxygen atoms in total. The Morgan fingerprint density at radius 3 is 2.45 bits per heavy atom. The number of nitrogens with one attached hydrogen (secondary N) is 1. The van der Waals surface area contributed by atoms with E-state index in [1.807, 2.05) is 12.1 Å². The molecule has 0 aliphatic carbocycles. The van der Waals surface area contributed by atoms with Gasteiger partial charge in [0.15, 0.2) is 18.2 Å². The SMILES string of the molecule is O=C(COc1ccc(I)cc1)Nc1ccc(F)c(F)c1. The molecule has 0 fully saturated rings. The van der Waals surface area contributed by atoms with Crippen molar-refractivity contribution in [2.24, 2.45) is 0 Å². The summed E-state index contributed by atoms with van der Waals surface area (Å²) < 4.78 is 32.0. The smallest absolute Gasteiger partial charge is 0.262 e. The number of carbonyl (C=O) groups excluding carboxylic acids is 1. The Hall–Kier alpha value is -1.70. The lowest BCUT2D eigenvalue weighted by atomic mass is 10.3. The molecule has 0 aromatic heterocycles. The summed E-state index contributed by atoms with van der Waals surface area (Å²) in [4.78, 5) is 11.6. The minimum absolute atomic E-state index is 0.181. The standard InChI is InChI=1S/C14H10F2INO2/c15-12-6-3-10(7-13(12)16)18-14(19)8-20-11-4-1-9(17)2-5-11/h1-7H,8H2,(H,18,19). The second-order valence-electron chi connectivity index (χ2n) is 3.92. The topological polar surface area (TPSA) is 38.3 Å². The van der Waals surface area contributed by atoms with Gasteiger partial charge in [-0.2, -0.15) is 0 Å². The summed E-state index contributed by atoms with van der Waals surface area (Å²) in [5.74, 6) is -1.86. The van der Waals surface area contributed by atoms with Crippen molar-refractivity contribution in [2.75, 3.05) is 11.9 Å². The molecule has 0 aliphatic rings. The van der Waals surface area contributed by atoms with Crippen LogP contribution in [0.3, 0.4) is 0 Å². The molecular weight excluding hydrogens is 379 g/mol. The van der Waals surface area contributed by atoms with Gasteiger partial charge in [-0.05, 0) is 59.0 Å². The van der Waals surface area contributed by atoms with Crippen molar-refractivity contribution < 1.29 is 18.3 Å². The van der Waals surface area contributed by atoms with Crippen LogP contribution in [0.1, 0.15) is 0 Å². The molecule has 2 rings (SSSR count). The van der Waals surface area contributed by atoms with E-state index in [-0.39, 0.29) is 12.3 Å². The minimum atomic E-state index is -1.01. The Bertz CT molecular complexity index is 617. The van der Waals surface area contributed by atoms with Crippen LogP contribution in [0.2, 0.25) is 0 Å². The first-order valence-corrected chi connectivity index (χ1v) is 6.76. The molecular formula is C14H10F2INO2. The van der Waals surface area contributed by atoms with E-state index in [4.69, 9.17) is 4.74 Å². The van der Waals surface area contributed by atoms with Gasteiger partial charge in [-0.15, -0.1) is 0 Å². The molecule has 0 radical (unpaired) electrons. The molecule has 0 bridgehead atoms. The predicted molar refractivity (Wildman–Crippen MR) is 79.6 cm³/mol. The molecule has 104 valence electrons. The molecule has 2 aromatic rings. The summed E-state index contributed by atoms with van der Waals surface area (Å²) >= 11 is 2.16. The zero-order valence-corrected chi connectivity index (χ0v) is 12.4. The number of halogens is 3. The van der Waals surface area contributed by atoms with Crippen molar-refractivity contribution in [3.8, 4) is 5.75 Å². The molecule has 6 heteroatoms. The van der Waals surface area contributed by atoms with Crippen LogP contribution in [-0.4, -0.2) is 12.5 Å². The lowest BCUT2D eigenvalue weighted by Gasteiger charge is -2.07. The van der Waals surface area contributed by atoms with Crippen molar-refractivity contribution in [3.63, 3.8) is 0 Å². The first kappa shape index (κ1) is 14.7. The highest BCUT2D eigenvalue weighted by atomic mass is 127. The molecule has 0 spiro atoms. The maximum Gasteiger partial charge on any atom is 0.262 e. The molecule has 0 unspecified atom stereocenters. The van der Waals surface area contributed by atoms with Gasteiger partial charge in [0.2, 0.25) is 0 Å². The van der Waals surface area contributed by atoms with Gasteiger partial charge in [-0.25, -0.2) is 8.78 Å². The average Bonchev–Trinajstić information content (AvgIpc) is 2.42. The monoisotopic (exact) mass is 389 g/mol. The number of amides is 1. The Morgan fingerprint density at radius 2 is 1.80 bits per heavy atom. The lowest BCUT2D eigenvalue weighted by molar-refractivity contribution is -0.118. The Labute approximate surface area is 128 Å². The summed E-state index contributed by atoms with van der Waals surface area (Å²) in [5, 5.41) is 2.42. The van der Waals surface area contributed by atoms with Gasteiger partial charge >= 0.3 is 0 Å². The molecule has 2 aromatic carbocycles. The average molecular weight is 389 g/mol. The lowest BCUT2D eigenvalue weighted by Crippen LogP contribution is -2.20. The van der Waals surface area contributed by atoms with Gasteiger partial charge in [0.1, 0.15) is 5.75 Å². The Balaban J connectivity index is 1.89. The molecule has 0 saturated carbocycles.